The third-order valence-electron chi connectivity index (χ3n) is 3.13. The van der Waals surface area contributed by atoms with Gasteiger partial charge in [-0.15, -0.1) is 0 Å². The molecule has 0 saturated carbocycles. The van der Waals surface area contributed by atoms with Crippen LogP contribution in [-0.4, -0.2) is 24.7 Å². The minimum atomic E-state index is -0.743. The topological polar surface area (TPSA) is 111 Å². The zero-order chi connectivity index (χ0) is 18.8. The van der Waals surface area contributed by atoms with Crippen molar-refractivity contribution in [2.45, 2.75) is 0 Å². The number of halogens is 3. The normalized spacial score (nSPS) is 10.6. The summed E-state index contributed by atoms with van der Waals surface area (Å²) >= 11 is 9.25. The second-order valence-electron chi connectivity index (χ2n) is 5.10. The Morgan fingerprint density at radius 3 is 2.77 bits per heavy atom. The maximum atomic E-state index is 13.6. The van der Waals surface area contributed by atoms with Crippen molar-refractivity contribution in [2.75, 3.05) is 10.6 Å². The summed E-state index contributed by atoms with van der Waals surface area (Å²) in [5, 5.41) is 20.8. The Morgan fingerprint density at radius 1 is 1.35 bits per heavy atom. The monoisotopic (exact) mass is 441 g/mol. The van der Waals surface area contributed by atoms with Crippen LogP contribution in [0.2, 0.25) is 5.15 Å². The summed E-state index contributed by atoms with van der Waals surface area (Å²) in [4.78, 5) is 18.5. The van der Waals surface area contributed by atoms with Crippen LogP contribution in [0.3, 0.4) is 0 Å². The zero-order valence-corrected chi connectivity index (χ0v) is 15.4. The molecule has 0 aliphatic carbocycles. The van der Waals surface area contributed by atoms with Gasteiger partial charge in [-0.25, -0.2) is 9.37 Å². The number of nitro groups is 1. The number of benzene rings is 1. The van der Waals surface area contributed by atoms with Crippen molar-refractivity contribution in [3.63, 3.8) is 0 Å². The van der Waals surface area contributed by atoms with Crippen LogP contribution >= 0.6 is 27.5 Å². The molecule has 0 aliphatic rings. The van der Waals surface area contributed by atoms with Gasteiger partial charge in [0.25, 0.3) is 5.69 Å². The van der Waals surface area contributed by atoms with Gasteiger partial charge in [-0.1, -0.05) is 11.6 Å². The largest absolute Gasteiger partial charge is 0.339 e. The summed E-state index contributed by atoms with van der Waals surface area (Å²) in [6.45, 7) is 0. The molecule has 3 aromatic rings. The van der Waals surface area contributed by atoms with E-state index in [1.165, 1.54) is 16.9 Å². The van der Waals surface area contributed by atoms with E-state index in [9.17, 15) is 14.5 Å². The highest BCUT2D eigenvalue weighted by molar-refractivity contribution is 9.10. The molecule has 0 fully saturated rings. The number of nitrogens with one attached hydrogen (secondary N) is 2. The smallest absolute Gasteiger partial charge is 0.274 e. The van der Waals surface area contributed by atoms with E-state index in [-0.39, 0.29) is 28.3 Å². The Labute approximate surface area is 159 Å². The summed E-state index contributed by atoms with van der Waals surface area (Å²) < 4.78 is 15.6. The number of aryl methyl sites for hydroxylation is 1. The molecule has 0 radical (unpaired) electrons. The third-order valence-corrected chi connectivity index (χ3v) is 3.99. The first-order valence-electron chi connectivity index (χ1n) is 7.02. The fourth-order valence-corrected chi connectivity index (χ4v) is 2.57. The molecule has 26 heavy (non-hydrogen) atoms. The van der Waals surface area contributed by atoms with Crippen LogP contribution in [0.4, 0.5) is 33.2 Å². The Morgan fingerprint density at radius 2 is 2.12 bits per heavy atom. The van der Waals surface area contributed by atoms with Crippen LogP contribution < -0.4 is 10.6 Å². The minimum Gasteiger partial charge on any atom is -0.339 e. The average molecular weight is 443 g/mol. The average Bonchev–Trinajstić information content (AvgIpc) is 2.87. The fraction of sp³-hybridized carbons (Fsp3) is 0.0714. The summed E-state index contributed by atoms with van der Waals surface area (Å²) in [5.41, 5.74) is 0.295. The van der Waals surface area contributed by atoms with E-state index in [0.29, 0.717) is 10.2 Å². The fourth-order valence-electron chi connectivity index (χ4n) is 2.07. The second kappa shape index (κ2) is 7.22. The number of hydrogen-bond acceptors (Lipinski definition) is 7. The molecule has 3 rings (SSSR count). The number of aromatic nitrogens is 4. The molecule has 2 heterocycles. The Hall–Kier alpha value is -2.79. The van der Waals surface area contributed by atoms with Gasteiger partial charge in [-0.3, -0.25) is 14.8 Å². The number of anilines is 4. The van der Waals surface area contributed by atoms with E-state index in [4.69, 9.17) is 11.6 Å². The predicted octanol–water partition coefficient (Wildman–Crippen LogP) is 4.16. The molecule has 134 valence electrons. The van der Waals surface area contributed by atoms with Crippen LogP contribution in [0, 0.1) is 15.9 Å². The van der Waals surface area contributed by atoms with Gasteiger partial charge in [-0.05, 0) is 22.0 Å². The van der Waals surface area contributed by atoms with E-state index in [1.54, 1.807) is 13.2 Å². The standard InChI is InChI=1S/C14H10BrClFN7O2/c1-23-6-11(12(16)22-23)20-14-18-5-10(15)13(21-14)19-8-2-7(17)3-9(4-8)24(25)26/h2-6H,1H3,(H2,18,19,20,21). The predicted molar refractivity (Wildman–Crippen MR) is 97.6 cm³/mol. The van der Waals surface area contributed by atoms with E-state index >= 15 is 0 Å². The molecule has 12 heteroatoms. The van der Waals surface area contributed by atoms with Gasteiger partial charge in [0.1, 0.15) is 11.6 Å². The first-order valence-corrected chi connectivity index (χ1v) is 8.19. The quantitative estimate of drug-likeness (QED) is 0.451. The number of nitro benzene ring substituents is 1. The van der Waals surface area contributed by atoms with Crippen LogP contribution in [0.25, 0.3) is 0 Å². The van der Waals surface area contributed by atoms with E-state index in [1.807, 2.05) is 0 Å². The van der Waals surface area contributed by atoms with Gasteiger partial charge in [-0.2, -0.15) is 10.1 Å². The number of hydrogen-bond donors (Lipinski definition) is 2. The molecule has 0 saturated heterocycles. The molecule has 2 N–H and O–H groups in total. The lowest BCUT2D eigenvalue weighted by Gasteiger charge is -2.10. The van der Waals surface area contributed by atoms with Gasteiger partial charge in [0.15, 0.2) is 5.15 Å². The number of nitrogens with zero attached hydrogens (tertiary/aromatic N) is 5. The van der Waals surface area contributed by atoms with Crippen LogP contribution in [-0.2, 0) is 7.05 Å². The third kappa shape index (κ3) is 4.06. The molecule has 0 bridgehead atoms. The van der Waals surface area contributed by atoms with E-state index in [0.717, 1.165) is 12.1 Å². The van der Waals surface area contributed by atoms with Crippen LogP contribution in [0.1, 0.15) is 0 Å². The summed E-state index contributed by atoms with van der Waals surface area (Å²) in [7, 11) is 1.71. The van der Waals surface area contributed by atoms with Gasteiger partial charge in [0.2, 0.25) is 5.95 Å². The van der Waals surface area contributed by atoms with Crippen molar-refractivity contribution in [3.8, 4) is 0 Å². The highest BCUT2D eigenvalue weighted by atomic mass is 79.9. The Balaban J connectivity index is 1.89. The van der Waals surface area contributed by atoms with Crippen molar-refractivity contribution < 1.29 is 9.31 Å². The lowest BCUT2D eigenvalue weighted by atomic mass is 10.2. The Kier molecular flexibility index (Phi) is 5.00. The highest BCUT2D eigenvalue weighted by Gasteiger charge is 2.13. The van der Waals surface area contributed by atoms with E-state index in [2.05, 4.69) is 41.6 Å². The van der Waals surface area contributed by atoms with Gasteiger partial charge >= 0.3 is 0 Å². The van der Waals surface area contributed by atoms with Crippen molar-refractivity contribution in [1.29, 1.82) is 0 Å². The molecule has 0 atom stereocenters. The molecular formula is C14H10BrClFN7O2. The summed E-state index contributed by atoms with van der Waals surface area (Å²) in [5.74, 6) is -0.258. The first kappa shape index (κ1) is 18.0. The molecular weight excluding hydrogens is 433 g/mol. The summed E-state index contributed by atoms with van der Waals surface area (Å²) in [6.07, 6.45) is 3.12. The zero-order valence-electron chi connectivity index (χ0n) is 13.1. The van der Waals surface area contributed by atoms with Crippen molar-refractivity contribution in [2.24, 2.45) is 7.05 Å². The van der Waals surface area contributed by atoms with E-state index < -0.39 is 10.7 Å². The molecule has 0 unspecified atom stereocenters. The highest BCUT2D eigenvalue weighted by Crippen LogP contribution is 2.28. The summed E-state index contributed by atoms with van der Waals surface area (Å²) in [6, 6.07) is 3.15. The molecule has 0 amide bonds. The maximum absolute atomic E-state index is 13.6. The van der Waals surface area contributed by atoms with Crippen molar-refractivity contribution in [3.05, 3.63) is 56.2 Å². The number of non-ortho nitro benzene ring substituents is 1. The van der Waals surface area contributed by atoms with Gasteiger partial charge < -0.3 is 10.6 Å². The van der Waals surface area contributed by atoms with Gasteiger partial charge in [0, 0.05) is 31.2 Å². The second-order valence-corrected chi connectivity index (χ2v) is 6.31. The van der Waals surface area contributed by atoms with Crippen molar-refractivity contribution in [1.82, 2.24) is 19.7 Å². The molecule has 9 nitrogen and oxygen atoms in total. The first-order chi connectivity index (χ1) is 12.3. The van der Waals surface area contributed by atoms with Crippen LogP contribution in [0.15, 0.2) is 35.1 Å². The molecule has 2 aromatic heterocycles. The molecule has 0 aliphatic heterocycles. The lowest BCUT2D eigenvalue weighted by Crippen LogP contribution is -2.02. The van der Waals surface area contributed by atoms with Crippen molar-refractivity contribution >= 4 is 56.4 Å². The maximum Gasteiger partial charge on any atom is 0.274 e. The molecule has 1 aromatic carbocycles. The van der Waals surface area contributed by atoms with Gasteiger partial charge in [0.05, 0.1) is 21.1 Å². The lowest BCUT2D eigenvalue weighted by molar-refractivity contribution is -0.385. The minimum absolute atomic E-state index is 0.168. The van der Waals surface area contributed by atoms with Crippen LogP contribution in [0.5, 0.6) is 0 Å². The SMILES string of the molecule is Cn1cc(Nc2ncc(Br)c(Nc3cc(F)cc([N+](=O)[O-])c3)n2)c(Cl)n1. The number of rotatable bonds is 5. The Bertz CT molecular complexity index is 997. The molecule has 0 spiro atoms.